The van der Waals surface area contributed by atoms with Crippen molar-refractivity contribution in [2.24, 2.45) is 0 Å². The van der Waals surface area contributed by atoms with Crippen LogP contribution in [0.15, 0.2) is 28.8 Å². The van der Waals surface area contributed by atoms with Gasteiger partial charge in [-0.05, 0) is 37.0 Å². The van der Waals surface area contributed by atoms with E-state index < -0.39 is 5.25 Å². The lowest BCUT2D eigenvalue weighted by Crippen LogP contribution is -2.25. The van der Waals surface area contributed by atoms with Crippen LogP contribution in [0.2, 0.25) is 0 Å². The van der Waals surface area contributed by atoms with E-state index in [2.05, 4.69) is 36.6 Å². The summed E-state index contributed by atoms with van der Waals surface area (Å²) < 4.78 is 4.90. The van der Waals surface area contributed by atoms with E-state index in [9.17, 15) is 14.7 Å². The first-order chi connectivity index (χ1) is 12.6. The van der Waals surface area contributed by atoms with Crippen molar-refractivity contribution in [2.45, 2.75) is 45.3 Å². The molecule has 8 heteroatoms. The summed E-state index contributed by atoms with van der Waals surface area (Å²) in [4.78, 5) is 24.3. The highest BCUT2D eigenvalue weighted by Gasteiger charge is 2.19. The predicted molar refractivity (Wildman–Crippen MR) is 107 cm³/mol. The van der Waals surface area contributed by atoms with Crippen molar-refractivity contribution in [1.82, 2.24) is 5.16 Å². The van der Waals surface area contributed by atoms with Crippen LogP contribution in [0.5, 0.6) is 5.75 Å². The average molecular weight is 391 g/mol. The van der Waals surface area contributed by atoms with Gasteiger partial charge in [0.15, 0.2) is 5.82 Å². The molecule has 2 rings (SSSR count). The highest BCUT2D eigenvalue weighted by Crippen LogP contribution is 2.30. The molecule has 0 aliphatic carbocycles. The van der Waals surface area contributed by atoms with Crippen LogP contribution in [-0.4, -0.2) is 33.1 Å². The van der Waals surface area contributed by atoms with Gasteiger partial charge < -0.3 is 20.3 Å². The zero-order valence-electron chi connectivity index (χ0n) is 16.1. The lowest BCUT2D eigenvalue weighted by Gasteiger charge is -2.20. The Balaban J connectivity index is 1.89. The maximum absolute atomic E-state index is 12.2. The number of rotatable bonds is 6. The molecule has 1 aromatic heterocycles. The normalized spacial score (nSPS) is 12.5. The molecule has 0 aliphatic heterocycles. The molecule has 1 heterocycles. The van der Waals surface area contributed by atoms with Gasteiger partial charge in [-0.15, -0.1) is 11.8 Å². The first-order valence-electron chi connectivity index (χ1n) is 8.55. The topological polar surface area (TPSA) is 104 Å². The molecule has 0 saturated heterocycles. The molecule has 0 radical (unpaired) electrons. The first-order valence-corrected chi connectivity index (χ1v) is 9.60. The molecule has 146 valence electrons. The van der Waals surface area contributed by atoms with Crippen LogP contribution in [0.25, 0.3) is 0 Å². The number of thioether (sulfide) groups is 1. The van der Waals surface area contributed by atoms with Gasteiger partial charge in [0.2, 0.25) is 11.8 Å². The molecule has 27 heavy (non-hydrogen) atoms. The lowest BCUT2D eigenvalue weighted by molar-refractivity contribution is -0.115. The minimum absolute atomic E-state index is 0.00791. The predicted octanol–water partition coefficient (Wildman–Crippen LogP) is 3.69. The summed E-state index contributed by atoms with van der Waals surface area (Å²) in [5.41, 5.74) is 1.26. The van der Waals surface area contributed by atoms with Crippen LogP contribution in [0.3, 0.4) is 0 Å². The van der Waals surface area contributed by atoms with Crippen molar-refractivity contribution in [2.75, 3.05) is 16.4 Å². The molecule has 0 saturated carbocycles. The molecule has 0 aliphatic rings. The summed E-state index contributed by atoms with van der Waals surface area (Å²) in [7, 11) is 0. The third-order valence-corrected chi connectivity index (χ3v) is 4.99. The number of carbonyl (C=O) groups excluding carboxylic acids is 2. The van der Waals surface area contributed by atoms with E-state index in [1.807, 2.05) is 6.07 Å². The number of benzene rings is 1. The van der Waals surface area contributed by atoms with Gasteiger partial charge in [-0.2, -0.15) is 0 Å². The molecule has 3 N–H and O–H groups in total. The van der Waals surface area contributed by atoms with Crippen molar-refractivity contribution in [1.29, 1.82) is 0 Å². The molecule has 0 spiro atoms. The standard InChI is InChI=1S/C19H25N3O4S/c1-11-8-16(22-26-11)21-18(25)12(2)27-10-17(24)20-14-9-13(19(3,4)5)6-7-15(14)23/h6-9,12,23H,10H2,1-5H3,(H,20,24)(H,21,22,25). The Kier molecular flexibility index (Phi) is 6.54. The fourth-order valence-corrected chi connectivity index (χ4v) is 2.90. The number of aryl methyl sites for hydroxylation is 1. The second-order valence-electron chi connectivity index (χ2n) is 7.30. The van der Waals surface area contributed by atoms with Gasteiger partial charge in [0.25, 0.3) is 0 Å². The number of nitrogens with one attached hydrogen (secondary N) is 2. The van der Waals surface area contributed by atoms with Gasteiger partial charge >= 0.3 is 0 Å². The fourth-order valence-electron chi connectivity index (χ4n) is 2.22. The number of carbonyl (C=O) groups is 2. The third-order valence-electron chi connectivity index (χ3n) is 3.85. The summed E-state index contributed by atoms with van der Waals surface area (Å²) in [6, 6.07) is 6.78. The van der Waals surface area contributed by atoms with E-state index >= 15 is 0 Å². The van der Waals surface area contributed by atoms with Gasteiger partial charge in [0.05, 0.1) is 16.7 Å². The molecule has 0 fully saturated rings. The zero-order valence-corrected chi connectivity index (χ0v) is 16.9. The maximum atomic E-state index is 12.2. The number of aromatic hydroxyl groups is 1. The summed E-state index contributed by atoms with van der Waals surface area (Å²) in [6.45, 7) is 9.60. The molecule has 7 nitrogen and oxygen atoms in total. The fraction of sp³-hybridized carbons (Fsp3) is 0.421. The van der Waals surface area contributed by atoms with E-state index in [4.69, 9.17) is 4.52 Å². The number of hydrogen-bond acceptors (Lipinski definition) is 6. The zero-order chi connectivity index (χ0) is 20.2. The van der Waals surface area contributed by atoms with E-state index in [0.717, 1.165) is 5.56 Å². The number of hydrogen-bond donors (Lipinski definition) is 3. The largest absolute Gasteiger partial charge is 0.506 e. The molecular formula is C19H25N3O4S. The van der Waals surface area contributed by atoms with Gasteiger partial charge in [0.1, 0.15) is 11.5 Å². The summed E-state index contributed by atoms with van der Waals surface area (Å²) in [5.74, 6) is 0.470. The van der Waals surface area contributed by atoms with Crippen molar-refractivity contribution in [3.63, 3.8) is 0 Å². The molecule has 2 aromatic rings. The molecular weight excluding hydrogens is 366 g/mol. The van der Waals surface area contributed by atoms with Gasteiger partial charge in [-0.3, -0.25) is 9.59 Å². The number of anilines is 2. The first kappa shape index (κ1) is 20.8. The molecule has 1 aromatic carbocycles. The van der Waals surface area contributed by atoms with Crippen LogP contribution in [0, 0.1) is 6.92 Å². The Morgan fingerprint density at radius 2 is 1.96 bits per heavy atom. The Labute approximate surface area is 162 Å². The van der Waals surface area contributed by atoms with Crippen LogP contribution in [0.4, 0.5) is 11.5 Å². The SMILES string of the molecule is Cc1cc(NC(=O)C(C)SCC(=O)Nc2cc(C(C)(C)C)ccc2O)no1. The minimum Gasteiger partial charge on any atom is -0.506 e. The Morgan fingerprint density at radius 3 is 2.56 bits per heavy atom. The monoisotopic (exact) mass is 391 g/mol. The van der Waals surface area contributed by atoms with E-state index in [-0.39, 0.29) is 28.7 Å². The van der Waals surface area contributed by atoms with E-state index in [1.165, 1.54) is 11.8 Å². The second-order valence-corrected chi connectivity index (χ2v) is 8.62. The van der Waals surface area contributed by atoms with Crippen LogP contribution >= 0.6 is 11.8 Å². The smallest absolute Gasteiger partial charge is 0.238 e. The van der Waals surface area contributed by atoms with Crippen LogP contribution in [0.1, 0.15) is 39.0 Å². The summed E-state index contributed by atoms with van der Waals surface area (Å²) >= 11 is 1.19. The summed E-state index contributed by atoms with van der Waals surface area (Å²) in [6.07, 6.45) is 0. The summed E-state index contributed by atoms with van der Waals surface area (Å²) in [5, 5.41) is 18.6. The molecule has 1 atom stereocenters. The van der Waals surface area contributed by atoms with Crippen LogP contribution < -0.4 is 10.6 Å². The number of amides is 2. The van der Waals surface area contributed by atoms with Crippen molar-refractivity contribution < 1.29 is 19.2 Å². The Morgan fingerprint density at radius 1 is 1.26 bits per heavy atom. The van der Waals surface area contributed by atoms with Crippen LogP contribution in [-0.2, 0) is 15.0 Å². The second kappa shape index (κ2) is 8.47. The van der Waals surface area contributed by atoms with Crippen molar-refractivity contribution in [3.8, 4) is 5.75 Å². The number of phenolic OH excluding ortho intramolecular Hbond substituents is 1. The highest BCUT2D eigenvalue weighted by atomic mass is 32.2. The molecule has 1 unspecified atom stereocenters. The Bertz CT molecular complexity index is 827. The minimum atomic E-state index is -0.456. The maximum Gasteiger partial charge on any atom is 0.238 e. The third kappa shape index (κ3) is 6.02. The van der Waals surface area contributed by atoms with Gasteiger partial charge in [-0.1, -0.05) is 32.0 Å². The van der Waals surface area contributed by atoms with Crippen molar-refractivity contribution in [3.05, 3.63) is 35.6 Å². The lowest BCUT2D eigenvalue weighted by atomic mass is 9.87. The van der Waals surface area contributed by atoms with E-state index in [0.29, 0.717) is 17.3 Å². The number of aromatic nitrogens is 1. The Hall–Kier alpha value is -2.48. The van der Waals surface area contributed by atoms with Gasteiger partial charge in [0, 0.05) is 6.07 Å². The molecule has 2 amide bonds. The highest BCUT2D eigenvalue weighted by molar-refractivity contribution is 8.01. The van der Waals surface area contributed by atoms with Crippen molar-refractivity contribution >= 4 is 35.1 Å². The average Bonchev–Trinajstić information content (AvgIpc) is 2.98. The number of phenols is 1. The van der Waals surface area contributed by atoms with Gasteiger partial charge in [-0.25, -0.2) is 0 Å². The number of nitrogens with zero attached hydrogens (tertiary/aromatic N) is 1. The quantitative estimate of drug-likeness (QED) is 0.649. The molecule has 0 bridgehead atoms. The van der Waals surface area contributed by atoms with E-state index in [1.54, 1.807) is 32.0 Å².